The highest BCUT2D eigenvalue weighted by atomic mass is 16.2. The fourth-order valence-corrected chi connectivity index (χ4v) is 2.40. The number of aryl methyl sites for hydroxylation is 1. The molecule has 2 heterocycles. The van der Waals surface area contributed by atoms with Crippen LogP contribution in [0.4, 0.5) is 11.5 Å². The molecule has 0 aromatic carbocycles. The van der Waals surface area contributed by atoms with Crippen LogP contribution in [0.1, 0.15) is 26.7 Å². The Morgan fingerprint density at radius 3 is 2.83 bits per heavy atom. The van der Waals surface area contributed by atoms with Crippen molar-refractivity contribution >= 4 is 35.2 Å². The van der Waals surface area contributed by atoms with Crippen molar-refractivity contribution in [2.24, 2.45) is 17.5 Å². The molecule has 23 heavy (non-hydrogen) atoms. The summed E-state index contributed by atoms with van der Waals surface area (Å²) in [6.07, 6.45) is 4.03. The molecule has 1 aromatic rings. The van der Waals surface area contributed by atoms with E-state index < -0.39 is 11.3 Å². The maximum atomic E-state index is 12.5. The van der Waals surface area contributed by atoms with Crippen LogP contribution >= 0.6 is 0 Å². The van der Waals surface area contributed by atoms with E-state index in [0.717, 1.165) is 6.42 Å². The number of aliphatic imine (C=N–C) groups is 1. The maximum Gasteiger partial charge on any atom is 0.269 e. The highest BCUT2D eigenvalue weighted by Crippen LogP contribution is 2.36. The van der Waals surface area contributed by atoms with Crippen molar-refractivity contribution in [3.63, 3.8) is 0 Å². The van der Waals surface area contributed by atoms with E-state index in [1.807, 2.05) is 13.8 Å². The molecule has 0 spiro atoms. The average Bonchev–Trinajstić information content (AvgIpc) is 2.96. The summed E-state index contributed by atoms with van der Waals surface area (Å²) in [4.78, 5) is 29.9. The van der Waals surface area contributed by atoms with Crippen LogP contribution in [0.15, 0.2) is 11.2 Å². The molecule has 0 saturated carbocycles. The van der Waals surface area contributed by atoms with Crippen molar-refractivity contribution in [3.05, 3.63) is 6.20 Å². The first-order valence-corrected chi connectivity index (χ1v) is 7.41. The van der Waals surface area contributed by atoms with E-state index in [4.69, 9.17) is 5.41 Å². The third-order valence-electron chi connectivity index (χ3n) is 3.85. The molecule has 1 aromatic heterocycles. The lowest BCUT2D eigenvalue weighted by molar-refractivity contribution is -0.124. The number of carbonyl (C=O) groups is 2. The molecule has 124 valence electrons. The molecule has 0 radical (unpaired) electrons. The first kappa shape index (κ1) is 16.9. The largest absolute Gasteiger partial charge is 0.316 e. The Labute approximate surface area is 135 Å². The Kier molecular flexibility index (Phi) is 4.63. The Balaban J connectivity index is 2.20. The van der Waals surface area contributed by atoms with Gasteiger partial charge < -0.3 is 10.3 Å². The van der Waals surface area contributed by atoms with Crippen LogP contribution in [-0.4, -0.2) is 47.1 Å². The first-order valence-electron chi connectivity index (χ1n) is 7.41. The second kappa shape index (κ2) is 6.31. The van der Waals surface area contributed by atoms with Crippen LogP contribution in [0.3, 0.4) is 0 Å². The van der Waals surface area contributed by atoms with Crippen LogP contribution in [0.2, 0.25) is 0 Å². The minimum atomic E-state index is -0.523. The molecule has 0 unspecified atom stereocenters. The van der Waals surface area contributed by atoms with Crippen LogP contribution in [0.25, 0.3) is 0 Å². The summed E-state index contributed by atoms with van der Waals surface area (Å²) >= 11 is 0. The predicted molar refractivity (Wildman–Crippen MR) is 89.3 cm³/mol. The molecule has 8 nitrogen and oxygen atoms in total. The molecule has 2 amide bonds. The van der Waals surface area contributed by atoms with Crippen molar-refractivity contribution < 1.29 is 9.59 Å². The number of rotatable bonds is 5. The smallest absolute Gasteiger partial charge is 0.269 e. The number of anilines is 2. The number of carbonyl (C=O) groups excluding carboxylic acids is 2. The minimum Gasteiger partial charge on any atom is -0.316 e. The van der Waals surface area contributed by atoms with E-state index in [1.165, 1.54) is 6.21 Å². The number of nitrogens with zero attached hydrogens (tertiary/aromatic N) is 4. The third kappa shape index (κ3) is 3.46. The molecular weight excluding hydrogens is 296 g/mol. The standard InChI is InChI=1S/C15H22N6O2/c1-15(2)6-8-21(14(15)23)12-11(9-20(4)19-12)18-13(22)10(16)5-7-17-3/h7,9,16H,5-6,8H2,1-4H3,(H,18,22). The number of hydrogen-bond acceptors (Lipinski definition) is 5. The van der Waals surface area contributed by atoms with Gasteiger partial charge in [-0.3, -0.25) is 24.6 Å². The summed E-state index contributed by atoms with van der Waals surface area (Å²) in [5.74, 6) is -0.113. The van der Waals surface area contributed by atoms with Gasteiger partial charge in [-0.2, -0.15) is 5.10 Å². The van der Waals surface area contributed by atoms with Gasteiger partial charge in [-0.05, 0) is 6.42 Å². The Morgan fingerprint density at radius 2 is 2.26 bits per heavy atom. The SMILES string of the molecule is CN=CCC(=N)C(=O)Nc1cn(C)nc1N1CCC(C)(C)C1=O. The molecule has 1 fully saturated rings. The van der Waals surface area contributed by atoms with Crippen LogP contribution in [-0.2, 0) is 16.6 Å². The second-order valence-corrected chi connectivity index (χ2v) is 6.21. The lowest BCUT2D eigenvalue weighted by Crippen LogP contribution is -2.32. The number of nitrogens with one attached hydrogen (secondary N) is 2. The predicted octanol–water partition coefficient (Wildman–Crippen LogP) is 1.23. The zero-order valence-corrected chi connectivity index (χ0v) is 13.9. The highest BCUT2D eigenvalue weighted by molar-refractivity contribution is 6.44. The topological polar surface area (TPSA) is 103 Å². The zero-order valence-electron chi connectivity index (χ0n) is 13.9. The van der Waals surface area contributed by atoms with Crippen LogP contribution in [0, 0.1) is 10.8 Å². The molecule has 2 N–H and O–H groups in total. The lowest BCUT2D eigenvalue weighted by Gasteiger charge is -2.18. The van der Waals surface area contributed by atoms with Gasteiger partial charge in [0, 0.05) is 38.7 Å². The van der Waals surface area contributed by atoms with Gasteiger partial charge in [0.2, 0.25) is 5.91 Å². The molecule has 8 heteroatoms. The van der Waals surface area contributed by atoms with E-state index in [0.29, 0.717) is 18.1 Å². The Morgan fingerprint density at radius 1 is 1.57 bits per heavy atom. The van der Waals surface area contributed by atoms with E-state index in [2.05, 4.69) is 15.4 Å². The summed E-state index contributed by atoms with van der Waals surface area (Å²) in [6, 6.07) is 0. The second-order valence-electron chi connectivity index (χ2n) is 6.21. The van der Waals surface area contributed by atoms with Gasteiger partial charge in [0.15, 0.2) is 5.82 Å². The fourth-order valence-electron chi connectivity index (χ4n) is 2.40. The van der Waals surface area contributed by atoms with E-state index >= 15 is 0 Å². The van der Waals surface area contributed by atoms with Crippen LogP contribution < -0.4 is 10.2 Å². The molecular formula is C15H22N6O2. The number of amides is 2. The van der Waals surface area contributed by atoms with Gasteiger partial charge in [-0.1, -0.05) is 13.8 Å². The molecule has 1 aliphatic rings. The molecule has 1 saturated heterocycles. The molecule has 0 atom stereocenters. The summed E-state index contributed by atoms with van der Waals surface area (Å²) in [7, 11) is 3.31. The van der Waals surface area contributed by atoms with Gasteiger partial charge >= 0.3 is 0 Å². The quantitative estimate of drug-likeness (QED) is 0.798. The molecule has 0 aliphatic carbocycles. The van der Waals surface area contributed by atoms with Gasteiger partial charge in [0.25, 0.3) is 5.91 Å². The maximum absolute atomic E-state index is 12.5. The number of aromatic nitrogens is 2. The van der Waals surface area contributed by atoms with Crippen molar-refractivity contribution in [2.75, 3.05) is 23.8 Å². The first-order chi connectivity index (χ1) is 10.8. The molecule has 2 rings (SSSR count). The molecule has 1 aliphatic heterocycles. The van der Waals surface area contributed by atoms with Crippen molar-refractivity contribution in [2.45, 2.75) is 26.7 Å². The van der Waals surface area contributed by atoms with Crippen molar-refractivity contribution in [1.82, 2.24) is 9.78 Å². The van der Waals surface area contributed by atoms with E-state index in [1.54, 1.807) is 29.9 Å². The van der Waals surface area contributed by atoms with Crippen LogP contribution in [0.5, 0.6) is 0 Å². The Bertz CT molecular complexity index is 674. The summed E-state index contributed by atoms with van der Waals surface area (Å²) in [5, 5.41) is 14.7. The number of hydrogen-bond donors (Lipinski definition) is 2. The minimum absolute atomic E-state index is 0.0140. The summed E-state index contributed by atoms with van der Waals surface area (Å²) in [6.45, 7) is 4.36. The average molecular weight is 318 g/mol. The lowest BCUT2D eigenvalue weighted by atomic mass is 9.92. The Hall–Kier alpha value is -2.51. The molecule has 0 bridgehead atoms. The van der Waals surface area contributed by atoms with Gasteiger partial charge in [-0.25, -0.2) is 0 Å². The zero-order chi connectivity index (χ0) is 17.2. The van der Waals surface area contributed by atoms with E-state index in [9.17, 15) is 9.59 Å². The monoisotopic (exact) mass is 318 g/mol. The van der Waals surface area contributed by atoms with Gasteiger partial charge in [-0.15, -0.1) is 0 Å². The van der Waals surface area contributed by atoms with E-state index in [-0.39, 0.29) is 18.0 Å². The van der Waals surface area contributed by atoms with Crippen molar-refractivity contribution in [1.29, 1.82) is 5.41 Å². The fraction of sp³-hybridized carbons (Fsp3) is 0.533. The third-order valence-corrected chi connectivity index (χ3v) is 3.85. The normalized spacial score (nSPS) is 17.0. The summed E-state index contributed by atoms with van der Waals surface area (Å²) < 4.78 is 1.54. The van der Waals surface area contributed by atoms with Gasteiger partial charge in [0.1, 0.15) is 11.4 Å². The van der Waals surface area contributed by atoms with Gasteiger partial charge in [0.05, 0.1) is 6.20 Å². The highest BCUT2D eigenvalue weighted by Gasteiger charge is 2.41. The summed E-state index contributed by atoms with van der Waals surface area (Å²) in [5.41, 5.74) is -0.0939. The van der Waals surface area contributed by atoms with Crippen molar-refractivity contribution in [3.8, 4) is 0 Å².